The molecule has 1 fully saturated rings. The Morgan fingerprint density at radius 3 is 2.42 bits per heavy atom. The van der Waals surface area contributed by atoms with Gasteiger partial charge in [0.2, 0.25) is 5.91 Å². The number of benzene rings is 1. The lowest BCUT2D eigenvalue weighted by Crippen LogP contribution is -2.25. The summed E-state index contributed by atoms with van der Waals surface area (Å²) in [5.74, 6) is -0.210. The molecule has 5 heteroatoms. The van der Waals surface area contributed by atoms with E-state index >= 15 is 0 Å². The van der Waals surface area contributed by atoms with Crippen LogP contribution in [-0.4, -0.2) is 21.4 Å². The molecule has 1 aliphatic heterocycles. The molecule has 0 bridgehead atoms. The van der Waals surface area contributed by atoms with Crippen molar-refractivity contribution in [3.63, 3.8) is 0 Å². The van der Waals surface area contributed by atoms with Gasteiger partial charge in [-0.3, -0.25) is 19.9 Å². The minimum absolute atomic E-state index is 0.118. The second kappa shape index (κ2) is 6.40. The van der Waals surface area contributed by atoms with E-state index in [-0.39, 0.29) is 21.8 Å². The molecule has 2 aromatic rings. The third-order valence-electron chi connectivity index (χ3n) is 4.06. The Kier molecular flexibility index (Phi) is 4.45. The topological polar surface area (TPSA) is 59.1 Å². The number of hydrogen-bond acceptors (Lipinski definition) is 4. The number of nitrogens with zero attached hydrogens (tertiary/aromatic N) is 1. The SMILES string of the molecule is CC(C)(C)c1ccc(-c2cc(CC3SC(=O)NC3=O)ccn2)cc1. The molecule has 24 heavy (non-hydrogen) atoms. The molecular weight excluding hydrogens is 320 g/mol. The number of rotatable bonds is 3. The Balaban J connectivity index is 1.80. The number of carbonyl (C=O) groups is 2. The van der Waals surface area contributed by atoms with Gasteiger partial charge in [-0.1, -0.05) is 56.8 Å². The number of hydrogen-bond donors (Lipinski definition) is 1. The minimum Gasteiger partial charge on any atom is -0.286 e. The summed E-state index contributed by atoms with van der Waals surface area (Å²) in [6, 6.07) is 12.3. The molecular formula is C19H20N2O2S. The highest BCUT2D eigenvalue weighted by Gasteiger charge is 2.31. The molecule has 0 radical (unpaired) electrons. The zero-order valence-corrected chi connectivity index (χ0v) is 14.8. The Hall–Kier alpha value is -2.14. The summed E-state index contributed by atoms with van der Waals surface area (Å²) >= 11 is 1.05. The smallest absolute Gasteiger partial charge is 0.286 e. The fourth-order valence-electron chi connectivity index (χ4n) is 2.64. The van der Waals surface area contributed by atoms with E-state index in [9.17, 15) is 9.59 Å². The van der Waals surface area contributed by atoms with E-state index in [4.69, 9.17) is 0 Å². The fraction of sp³-hybridized carbons (Fsp3) is 0.316. The van der Waals surface area contributed by atoms with Gasteiger partial charge in [-0.15, -0.1) is 0 Å². The zero-order valence-electron chi connectivity index (χ0n) is 14.0. The summed E-state index contributed by atoms with van der Waals surface area (Å²) in [5, 5.41) is 1.71. The summed E-state index contributed by atoms with van der Waals surface area (Å²) in [6.45, 7) is 6.56. The Labute approximate surface area is 146 Å². The molecule has 0 spiro atoms. The number of carbonyl (C=O) groups excluding carboxylic acids is 2. The van der Waals surface area contributed by atoms with Gasteiger partial charge < -0.3 is 0 Å². The molecule has 1 N–H and O–H groups in total. The quantitative estimate of drug-likeness (QED) is 0.919. The van der Waals surface area contributed by atoms with Crippen LogP contribution in [0.4, 0.5) is 4.79 Å². The lowest BCUT2D eigenvalue weighted by molar-refractivity contribution is -0.118. The van der Waals surface area contributed by atoms with E-state index in [2.05, 4.69) is 55.3 Å². The van der Waals surface area contributed by atoms with Crippen molar-refractivity contribution in [1.82, 2.24) is 10.3 Å². The van der Waals surface area contributed by atoms with Crippen LogP contribution in [0.15, 0.2) is 42.6 Å². The number of pyridine rings is 1. The molecule has 1 saturated heterocycles. The molecule has 4 nitrogen and oxygen atoms in total. The van der Waals surface area contributed by atoms with Crippen LogP contribution in [0, 0.1) is 0 Å². The van der Waals surface area contributed by atoms with Crippen molar-refractivity contribution >= 4 is 22.9 Å². The summed E-state index contributed by atoms with van der Waals surface area (Å²) in [5.41, 5.74) is 4.32. The van der Waals surface area contributed by atoms with Gasteiger partial charge in [0.1, 0.15) is 0 Å². The molecule has 0 saturated carbocycles. The van der Waals surface area contributed by atoms with E-state index in [0.29, 0.717) is 6.42 Å². The van der Waals surface area contributed by atoms with Crippen molar-refractivity contribution in [2.75, 3.05) is 0 Å². The molecule has 1 unspecified atom stereocenters. The summed E-state index contributed by atoms with van der Waals surface area (Å²) < 4.78 is 0. The maximum atomic E-state index is 11.7. The van der Waals surface area contributed by atoms with Crippen molar-refractivity contribution in [3.05, 3.63) is 53.7 Å². The first-order valence-corrected chi connectivity index (χ1v) is 8.78. The molecule has 1 aromatic heterocycles. The average molecular weight is 340 g/mol. The van der Waals surface area contributed by atoms with Gasteiger partial charge in [0, 0.05) is 11.8 Å². The summed E-state index contributed by atoms with van der Waals surface area (Å²) in [7, 11) is 0. The predicted molar refractivity (Wildman–Crippen MR) is 97.0 cm³/mol. The second-order valence-electron chi connectivity index (χ2n) is 6.96. The predicted octanol–water partition coefficient (Wildman–Crippen LogP) is 3.94. The zero-order chi connectivity index (χ0) is 17.3. The number of thioether (sulfide) groups is 1. The lowest BCUT2D eigenvalue weighted by atomic mass is 9.86. The summed E-state index contributed by atoms with van der Waals surface area (Å²) in [6.07, 6.45) is 2.28. The van der Waals surface area contributed by atoms with E-state index < -0.39 is 0 Å². The first-order valence-electron chi connectivity index (χ1n) is 7.90. The van der Waals surface area contributed by atoms with Crippen LogP contribution < -0.4 is 5.32 Å². The third kappa shape index (κ3) is 3.67. The number of imide groups is 1. The van der Waals surface area contributed by atoms with Gasteiger partial charge in [-0.05, 0) is 35.1 Å². The van der Waals surface area contributed by atoms with Crippen molar-refractivity contribution in [2.45, 2.75) is 37.9 Å². The highest BCUT2D eigenvalue weighted by atomic mass is 32.2. The molecule has 1 aromatic carbocycles. The van der Waals surface area contributed by atoms with Gasteiger partial charge >= 0.3 is 0 Å². The molecule has 2 amide bonds. The van der Waals surface area contributed by atoms with Gasteiger partial charge in [0.05, 0.1) is 10.9 Å². The molecule has 2 heterocycles. The lowest BCUT2D eigenvalue weighted by Gasteiger charge is -2.19. The van der Waals surface area contributed by atoms with Crippen LogP contribution in [0.1, 0.15) is 31.9 Å². The number of amides is 2. The van der Waals surface area contributed by atoms with E-state index in [0.717, 1.165) is 28.6 Å². The van der Waals surface area contributed by atoms with E-state index in [1.807, 2.05) is 12.1 Å². The van der Waals surface area contributed by atoms with Gasteiger partial charge in [-0.25, -0.2) is 0 Å². The van der Waals surface area contributed by atoms with Gasteiger partial charge in [0.25, 0.3) is 5.24 Å². The van der Waals surface area contributed by atoms with Crippen molar-refractivity contribution in [1.29, 1.82) is 0 Å². The van der Waals surface area contributed by atoms with Crippen LogP contribution in [0.2, 0.25) is 0 Å². The highest BCUT2D eigenvalue weighted by Crippen LogP contribution is 2.27. The first kappa shape index (κ1) is 16.7. The maximum Gasteiger partial charge on any atom is 0.286 e. The normalized spacial score (nSPS) is 17.9. The van der Waals surface area contributed by atoms with Crippen LogP contribution in [0.3, 0.4) is 0 Å². The molecule has 1 aliphatic rings. The van der Waals surface area contributed by atoms with Crippen molar-refractivity contribution in [3.8, 4) is 11.3 Å². The Morgan fingerprint density at radius 2 is 1.83 bits per heavy atom. The second-order valence-corrected chi connectivity index (χ2v) is 8.14. The Bertz CT molecular complexity index is 779. The molecule has 3 rings (SSSR count). The Morgan fingerprint density at radius 1 is 1.12 bits per heavy atom. The molecule has 0 aliphatic carbocycles. The van der Waals surface area contributed by atoms with E-state index in [1.54, 1.807) is 6.20 Å². The molecule has 124 valence electrons. The highest BCUT2D eigenvalue weighted by molar-refractivity contribution is 8.15. The van der Waals surface area contributed by atoms with Crippen LogP contribution in [0.5, 0.6) is 0 Å². The standard InChI is InChI=1S/C19H20N2O2S/c1-19(2,3)14-6-4-13(5-7-14)15-10-12(8-9-20-15)11-16-17(22)21-18(23)24-16/h4-10,16H,11H2,1-3H3,(H,21,22,23). The number of nitrogens with one attached hydrogen (secondary N) is 1. The average Bonchev–Trinajstić information content (AvgIpc) is 2.84. The van der Waals surface area contributed by atoms with Gasteiger partial charge in [0.15, 0.2) is 0 Å². The minimum atomic E-state index is -0.351. The third-order valence-corrected chi connectivity index (χ3v) is 5.04. The van der Waals surface area contributed by atoms with Crippen LogP contribution in [-0.2, 0) is 16.6 Å². The van der Waals surface area contributed by atoms with Crippen LogP contribution >= 0.6 is 11.8 Å². The van der Waals surface area contributed by atoms with Crippen LogP contribution in [0.25, 0.3) is 11.3 Å². The van der Waals surface area contributed by atoms with Gasteiger partial charge in [-0.2, -0.15) is 0 Å². The molecule has 1 atom stereocenters. The number of aromatic nitrogens is 1. The monoisotopic (exact) mass is 340 g/mol. The summed E-state index contributed by atoms with van der Waals surface area (Å²) in [4.78, 5) is 27.4. The van der Waals surface area contributed by atoms with Crippen molar-refractivity contribution in [2.24, 2.45) is 0 Å². The van der Waals surface area contributed by atoms with Crippen molar-refractivity contribution < 1.29 is 9.59 Å². The fourth-order valence-corrected chi connectivity index (χ4v) is 3.50. The largest absolute Gasteiger partial charge is 0.286 e. The first-order chi connectivity index (χ1) is 11.3. The van der Waals surface area contributed by atoms with E-state index in [1.165, 1.54) is 5.56 Å². The maximum absolute atomic E-state index is 11.7.